The second kappa shape index (κ2) is 5.29. The largest absolute Gasteiger partial charge is 0.496 e. The Morgan fingerprint density at radius 3 is 2.05 bits per heavy atom. The number of H-pyrrole nitrogens is 2. The van der Waals surface area contributed by atoms with Gasteiger partial charge in [0, 0.05) is 29.3 Å². The lowest BCUT2D eigenvalue weighted by molar-refractivity contribution is 0.408. The van der Waals surface area contributed by atoms with E-state index in [1.165, 1.54) is 11.1 Å². The maximum atomic E-state index is 5.58. The van der Waals surface area contributed by atoms with Crippen molar-refractivity contribution in [2.75, 3.05) is 7.11 Å². The third kappa shape index (κ3) is 2.11. The molecule has 0 aliphatic rings. The number of methoxy groups -OCH3 is 1. The lowest BCUT2D eigenvalue weighted by atomic mass is 9.88. The molecule has 0 atom stereocenters. The first kappa shape index (κ1) is 12.6. The fourth-order valence-corrected chi connectivity index (χ4v) is 2.73. The van der Waals surface area contributed by atoms with Crippen LogP contribution in [0.3, 0.4) is 0 Å². The Bertz CT molecular complexity index is 635. The molecule has 2 aromatic heterocycles. The zero-order valence-electron chi connectivity index (χ0n) is 11.7. The summed E-state index contributed by atoms with van der Waals surface area (Å²) in [7, 11) is 1.72. The second-order valence-corrected chi connectivity index (χ2v) is 4.87. The number of nitrogens with one attached hydrogen (secondary N) is 2. The molecule has 2 heterocycles. The summed E-state index contributed by atoms with van der Waals surface area (Å²) in [5.74, 6) is 1.04. The highest BCUT2D eigenvalue weighted by Crippen LogP contribution is 2.37. The molecule has 1 aromatic carbocycles. The Hall–Kier alpha value is -2.42. The van der Waals surface area contributed by atoms with E-state index in [0.29, 0.717) is 0 Å². The molecule has 0 fully saturated rings. The average Bonchev–Trinajstić information content (AvgIpc) is 3.14. The first-order valence-corrected chi connectivity index (χ1v) is 6.71. The van der Waals surface area contributed by atoms with Gasteiger partial charge < -0.3 is 14.7 Å². The Labute approximate surface area is 118 Å². The van der Waals surface area contributed by atoms with E-state index in [1.807, 2.05) is 36.7 Å². The van der Waals surface area contributed by atoms with Crippen LogP contribution in [0.15, 0.2) is 54.9 Å². The number of aromatic nitrogens is 2. The first-order valence-electron chi connectivity index (χ1n) is 6.71. The second-order valence-electron chi connectivity index (χ2n) is 4.87. The van der Waals surface area contributed by atoms with Crippen LogP contribution < -0.4 is 4.74 Å². The molecule has 3 rings (SSSR count). The Morgan fingerprint density at radius 1 is 0.900 bits per heavy atom. The van der Waals surface area contributed by atoms with E-state index in [0.717, 1.165) is 17.1 Å². The van der Waals surface area contributed by atoms with Gasteiger partial charge in [0.05, 0.1) is 13.0 Å². The number of ether oxygens (including phenoxy) is 1. The van der Waals surface area contributed by atoms with E-state index in [-0.39, 0.29) is 5.92 Å². The smallest absolute Gasteiger partial charge is 0.123 e. The third-order valence-corrected chi connectivity index (χ3v) is 3.66. The summed E-state index contributed by atoms with van der Waals surface area (Å²) in [4.78, 5) is 6.65. The lowest BCUT2D eigenvalue weighted by Gasteiger charge is -2.20. The summed E-state index contributed by atoms with van der Waals surface area (Å²) in [6, 6.07) is 14.4. The van der Waals surface area contributed by atoms with E-state index in [9.17, 15) is 0 Å². The van der Waals surface area contributed by atoms with E-state index >= 15 is 0 Å². The normalized spacial score (nSPS) is 10.9. The molecule has 0 unspecified atom stereocenters. The van der Waals surface area contributed by atoms with Crippen LogP contribution in [0.25, 0.3) is 0 Å². The van der Waals surface area contributed by atoms with Crippen molar-refractivity contribution in [2.45, 2.75) is 12.8 Å². The summed E-state index contributed by atoms with van der Waals surface area (Å²) in [5.41, 5.74) is 4.72. The van der Waals surface area contributed by atoms with Gasteiger partial charge in [-0.25, -0.2) is 0 Å². The van der Waals surface area contributed by atoms with Crippen LogP contribution >= 0.6 is 0 Å². The molecule has 3 heteroatoms. The molecular formula is C17H18N2O. The van der Waals surface area contributed by atoms with Gasteiger partial charge in [0.2, 0.25) is 0 Å². The SMILES string of the molecule is COc1cccc(C)c1C(c1ccc[nH]1)c1ccc[nH]1. The van der Waals surface area contributed by atoms with Gasteiger partial charge >= 0.3 is 0 Å². The van der Waals surface area contributed by atoms with E-state index in [4.69, 9.17) is 4.74 Å². The van der Waals surface area contributed by atoms with Crippen molar-refractivity contribution < 1.29 is 4.74 Å². The molecule has 0 spiro atoms. The van der Waals surface area contributed by atoms with Crippen LogP contribution in [0.1, 0.15) is 28.4 Å². The standard InChI is InChI=1S/C17H18N2O/c1-12-6-3-9-15(20-2)16(12)17(13-7-4-10-18-13)14-8-5-11-19-14/h3-11,17-19H,1-2H3. The Morgan fingerprint density at radius 2 is 1.55 bits per heavy atom. The Kier molecular flexibility index (Phi) is 3.33. The number of benzene rings is 1. The number of hydrogen-bond acceptors (Lipinski definition) is 1. The average molecular weight is 266 g/mol. The predicted octanol–water partition coefficient (Wildman–Crippen LogP) is 3.84. The van der Waals surface area contributed by atoms with Crippen molar-refractivity contribution >= 4 is 0 Å². The van der Waals surface area contributed by atoms with Gasteiger partial charge in [-0.15, -0.1) is 0 Å². The highest BCUT2D eigenvalue weighted by Gasteiger charge is 2.23. The molecule has 0 amide bonds. The van der Waals surface area contributed by atoms with Crippen LogP contribution in [-0.2, 0) is 0 Å². The maximum Gasteiger partial charge on any atom is 0.123 e. The van der Waals surface area contributed by atoms with Crippen LogP contribution in [0.2, 0.25) is 0 Å². The Balaban J connectivity index is 2.21. The molecule has 0 aliphatic carbocycles. The molecule has 0 radical (unpaired) electrons. The van der Waals surface area contributed by atoms with Crippen molar-refractivity contribution in [3.63, 3.8) is 0 Å². The highest BCUT2D eigenvalue weighted by atomic mass is 16.5. The molecule has 0 saturated carbocycles. The van der Waals surface area contributed by atoms with Gasteiger partial charge in [0.15, 0.2) is 0 Å². The molecular weight excluding hydrogens is 248 g/mol. The third-order valence-electron chi connectivity index (χ3n) is 3.66. The van der Waals surface area contributed by atoms with Gasteiger partial charge in [-0.05, 0) is 42.8 Å². The van der Waals surface area contributed by atoms with Crippen molar-refractivity contribution in [3.05, 3.63) is 77.4 Å². The molecule has 20 heavy (non-hydrogen) atoms. The lowest BCUT2D eigenvalue weighted by Crippen LogP contribution is -2.08. The van der Waals surface area contributed by atoms with Crippen LogP contribution in [0.4, 0.5) is 0 Å². The summed E-state index contributed by atoms with van der Waals surface area (Å²) < 4.78 is 5.58. The summed E-state index contributed by atoms with van der Waals surface area (Å²) >= 11 is 0. The van der Waals surface area contributed by atoms with E-state index in [1.54, 1.807) is 7.11 Å². The van der Waals surface area contributed by atoms with E-state index in [2.05, 4.69) is 35.1 Å². The number of aromatic amines is 2. The molecule has 0 bridgehead atoms. The zero-order chi connectivity index (χ0) is 13.9. The fraction of sp³-hybridized carbons (Fsp3) is 0.176. The van der Waals surface area contributed by atoms with Crippen molar-refractivity contribution in [1.82, 2.24) is 9.97 Å². The topological polar surface area (TPSA) is 40.8 Å². The molecule has 0 aliphatic heterocycles. The highest BCUT2D eigenvalue weighted by molar-refractivity contribution is 5.50. The van der Waals surface area contributed by atoms with Crippen LogP contribution in [-0.4, -0.2) is 17.1 Å². The number of rotatable bonds is 4. The van der Waals surface area contributed by atoms with Crippen LogP contribution in [0, 0.1) is 6.92 Å². The minimum atomic E-state index is 0.121. The number of hydrogen-bond donors (Lipinski definition) is 2. The minimum absolute atomic E-state index is 0.121. The van der Waals surface area contributed by atoms with Gasteiger partial charge in [0.25, 0.3) is 0 Å². The van der Waals surface area contributed by atoms with Crippen molar-refractivity contribution in [2.24, 2.45) is 0 Å². The van der Waals surface area contributed by atoms with Crippen LogP contribution in [0.5, 0.6) is 5.75 Å². The quantitative estimate of drug-likeness (QED) is 0.740. The molecule has 3 nitrogen and oxygen atoms in total. The van der Waals surface area contributed by atoms with Crippen molar-refractivity contribution in [3.8, 4) is 5.75 Å². The molecule has 3 aromatic rings. The van der Waals surface area contributed by atoms with Gasteiger partial charge in [-0.1, -0.05) is 12.1 Å². The summed E-state index contributed by atoms with van der Waals surface area (Å²) in [5, 5.41) is 0. The summed E-state index contributed by atoms with van der Waals surface area (Å²) in [6.07, 6.45) is 3.91. The molecule has 2 N–H and O–H groups in total. The summed E-state index contributed by atoms with van der Waals surface area (Å²) in [6.45, 7) is 2.12. The first-order chi connectivity index (χ1) is 9.81. The minimum Gasteiger partial charge on any atom is -0.496 e. The van der Waals surface area contributed by atoms with Gasteiger partial charge in [-0.3, -0.25) is 0 Å². The molecule has 102 valence electrons. The van der Waals surface area contributed by atoms with Gasteiger partial charge in [-0.2, -0.15) is 0 Å². The van der Waals surface area contributed by atoms with E-state index < -0.39 is 0 Å². The van der Waals surface area contributed by atoms with Crippen molar-refractivity contribution in [1.29, 1.82) is 0 Å². The number of aryl methyl sites for hydroxylation is 1. The molecule has 0 saturated heterocycles. The zero-order valence-corrected chi connectivity index (χ0v) is 11.7. The predicted molar refractivity (Wildman–Crippen MR) is 80.3 cm³/mol. The fourth-order valence-electron chi connectivity index (χ4n) is 2.73. The maximum absolute atomic E-state index is 5.58. The monoisotopic (exact) mass is 266 g/mol. The van der Waals surface area contributed by atoms with Gasteiger partial charge in [0.1, 0.15) is 5.75 Å².